The molecule has 2 aliphatic rings. The topological polar surface area (TPSA) is 93.8 Å². The molecule has 0 aliphatic heterocycles. The maximum atomic E-state index is 14.4. The highest BCUT2D eigenvalue weighted by Gasteiger charge is 2.35. The van der Waals surface area contributed by atoms with Gasteiger partial charge in [0.05, 0.1) is 35.9 Å². The lowest BCUT2D eigenvalue weighted by molar-refractivity contribution is -0.141. The number of nitrogens with zero attached hydrogens (tertiary/aromatic N) is 4. The number of halogens is 4. The predicted octanol–water partition coefficient (Wildman–Crippen LogP) is 4.37. The first-order valence-corrected chi connectivity index (χ1v) is 10.1. The molecule has 3 heterocycles. The van der Waals surface area contributed by atoms with E-state index >= 15 is 0 Å². The van der Waals surface area contributed by atoms with E-state index in [9.17, 15) is 22.4 Å². The summed E-state index contributed by atoms with van der Waals surface area (Å²) in [6.07, 6.45) is 1.71. The molecule has 0 saturated heterocycles. The monoisotopic (exact) mass is 447 g/mol. The summed E-state index contributed by atoms with van der Waals surface area (Å²) in [6, 6.07) is 1.01. The molecule has 3 aromatic rings. The summed E-state index contributed by atoms with van der Waals surface area (Å²) in [7, 11) is 0. The Labute approximate surface area is 179 Å². The molecular weight excluding hydrogens is 430 g/mol. The number of nitrogens with one attached hydrogen (secondary N) is 1. The largest absolute Gasteiger partial charge is 0.439 e. The molecule has 11 heteroatoms. The third kappa shape index (κ3) is 3.94. The Bertz CT molecular complexity index is 1190. The zero-order valence-corrected chi connectivity index (χ0v) is 16.6. The van der Waals surface area contributed by atoms with E-state index in [1.165, 1.54) is 0 Å². The van der Waals surface area contributed by atoms with Crippen LogP contribution in [-0.4, -0.2) is 25.8 Å². The van der Waals surface area contributed by atoms with Gasteiger partial charge in [0.1, 0.15) is 11.5 Å². The molecule has 0 bridgehead atoms. The zero-order chi connectivity index (χ0) is 22.5. The van der Waals surface area contributed by atoms with Gasteiger partial charge in [0, 0.05) is 11.6 Å². The fourth-order valence-corrected chi connectivity index (χ4v) is 3.74. The van der Waals surface area contributed by atoms with Gasteiger partial charge in [-0.05, 0) is 38.2 Å². The molecule has 1 N–H and O–H groups in total. The van der Waals surface area contributed by atoms with Crippen molar-refractivity contribution in [2.45, 2.75) is 50.2 Å². The van der Waals surface area contributed by atoms with Gasteiger partial charge in [-0.2, -0.15) is 13.2 Å². The van der Waals surface area contributed by atoms with E-state index in [1.54, 1.807) is 6.07 Å². The van der Waals surface area contributed by atoms with Crippen molar-refractivity contribution >= 4 is 5.91 Å². The Balaban J connectivity index is 1.41. The number of amides is 1. The molecule has 1 amide bonds. The number of hydrogen-bond donors (Lipinski definition) is 1. The Morgan fingerprint density at radius 1 is 1.12 bits per heavy atom. The van der Waals surface area contributed by atoms with Gasteiger partial charge in [-0.25, -0.2) is 14.4 Å². The maximum absolute atomic E-state index is 14.4. The summed E-state index contributed by atoms with van der Waals surface area (Å²) >= 11 is 0. The minimum Gasteiger partial charge on any atom is -0.439 e. The predicted molar refractivity (Wildman–Crippen MR) is 102 cm³/mol. The smallest absolute Gasteiger partial charge is 0.434 e. The lowest BCUT2D eigenvalue weighted by atomic mass is 9.97. The highest BCUT2D eigenvalue weighted by atomic mass is 19.4. The minimum atomic E-state index is -4.71. The summed E-state index contributed by atoms with van der Waals surface area (Å²) in [5.74, 6) is -0.599. The third-order valence-electron chi connectivity index (χ3n) is 5.52. The Hall–Kier alpha value is -3.37. The normalized spacial score (nSPS) is 18.3. The third-order valence-corrected chi connectivity index (χ3v) is 5.52. The van der Waals surface area contributed by atoms with E-state index < -0.39 is 35.3 Å². The second kappa shape index (κ2) is 7.64. The molecule has 1 fully saturated rings. The van der Waals surface area contributed by atoms with Crippen LogP contribution in [0, 0.1) is 5.82 Å². The summed E-state index contributed by atoms with van der Waals surface area (Å²) in [6.45, 7) is 0. The van der Waals surface area contributed by atoms with Crippen molar-refractivity contribution in [1.82, 2.24) is 25.3 Å². The number of rotatable bonds is 4. The number of hydrogen-bond acceptors (Lipinski definition) is 6. The van der Waals surface area contributed by atoms with Gasteiger partial charge in [0.15, 0.2) is 11.5 Å². The van der Waals surface area contributed by atoms with Crippen molar-refractivity contribution in [3.8, 4) is 11.5 Å². The number of fused-ring (bicyclic) bond motifs is 1. The van der Waals surface area contributed by atoms with Crippen molar-refractivity contribution < 1.29 is 26.8 Å². The molecule has 0 unspecified atom stereocenters. The van der Waals surface area contributed by atoms with Crippen LogP contribution in [0.1, 0.15) is 71.0 Å². The quantitative estimate of drug-likeness (QED) is 0.597. The van der Waals surface area contributed by atoms with Gasteiger partial charge in [0.25, 0.3) is 5.91 Å². The highest BCUT2D eigenvalue weighted by Crippen LogP contribution is 2.41. The van der Waals surface area contributed by atoms with Gasteiger partial charge >= 0.3 is 6.18 Å². The Morgan fingerprint density at radius 3 is 2.69 bits per heavy atom. The average Bonchev–Trinajstić information content (AvgIpc) is 3.52. The van der Waals surface area contributed by atoms with Crippen LogP contribution in [0.5, 0.6) is 0 Å². The van der Waals surface area contributed by atoms with Crippen LogP contribution in [0.3, 0.4) is 0 Å². The number of aromatic nitrogens is 4. The number of alkyl halides is 3. The molecule has 3 aromatic heterocycles. The summed E-state index contributed by atoms with van der Waals surface area (Å²) in [4.78, 5) is 27.9. The highest BCUT2D eigenvalue weighted by molar-refractivity contribution is 5.92. The molecule has 1 atom stereocenters. The SMILES string of the molecule is O=C(N[C@@H]1CCCc2nc(-c3cc(C4CC4)ncc3F)oc21)c1cncc(C(F)(F)F)n1. The van der Waals surface area contributed by atoms with Crippen molar-refractivity contribution in [2.75, 3.05) is 0 Å². The first-order chi connectivity index (χ1) is 15.3. The zero-order valence-electron chi connectivity index (χ0n) is 16.6. The van der Waals surface area contributed by atoms with E-state index in [0.29, 0.717) is 42.8 Å². The first kappa shape index (κ1) is 20.5. The minimum absolute atomic E-state index is 0.0943. The molecule has 1 saturated carbocycles. The molecule has 7 nitrogen and oxygen atoms in total. The fraction of sp³-hybridized carbons (Fsp3) is 0.381. The Kier molecular flexibility index (Phi) is 4.90. The average molecular weight is 447 g/mol. The molecule has 5 rings (SSSR count). The molecule has 0 radical (unpaired) electrons. The van der Waals surface area contributed by atoms with Crippen LogP contribution >= 0.6 is 0 Å². The molecule has 32 heavy (non-hydrogen) atoms. The first-order valence-electron chi connectivity index (χ1n) is 10.1. The number of oxazole rings is 1. The summed E-state index contributed by atoms with van der Waals surface area (Å²) in [5, 5.41) is 2.64. The van der Waals surface area contributed by atoms with E-state index in [0.717, 1.165) is 30.9 Å². The summed E-state index contributed by atoms with van der Waals surface area (Å²) < 4.78 is 58.9. The van der Waals surface area contributed by atoms with Crippen LogP contribution in [0.4, 0.5) is 17.6 Å². The Morgan fingerprint density at radius 2 is 1.94 bits per heavy atom. The van der Waals surface area contributed by atoms with Crippen molar-refractivity contribution in [3.63, 3.8) is 0 Å². The van der Waals surface area contributed by atoms with Gasteiger partial charge in [0.2, 0.25) is 5.89 Å². The maximum Gasteiger partial charge on any atom is 0.434 e. The van der Waals surface area contributed by atoms with Crippen LogP contribution in [0.2, 0.25) is 0 Å². The molecule has 0 aromatic carbocycles. The second-order valence-corrected chi connectivity index (χ2v) is 7.90. The fourth-order valence-electron chi connectivity index (χ4n) is 3.74. The number of aryl methyl sites for hydroxylation is 1. The molecular formula is C21H17F4N5O2. The van der Waals surface area contributed by atoms with Crippen LogP contribution in [0.15, 0.2) is 29.1 Å². The molecule has 2 aliphatic carbocycles. The summed E-state index contributed by atoms with van der Waals surface area (Å²) in [5.41, 5.74) is -0.150. The van der Waals surface area contributed by atoms with Crippen LogP contribution in [-0.2, 0) is 12.6 Å². The van der Waals surface area contributed by atoms with Crippen LogP contribution < -0.4 is 5.32 Å². The van der Waals surface area contributed by atoms with E-state index in [2.05, 4.69) is 25.3 Å². The lowest BCUT2D eigenvalue weighted by Gasteiger charge is -2.21. The molecule has 166 valence electrons. The van der Waals surface area contributed by atoms with Crippen molar-refractivity contribution in [1.29, 1.82) is 0 Å². The number of carbonyl (C=O) groups is 1. The lowest BCUT2D eigenvalue weighted by Crippen LogP contribution is -2.31. The van der Waals surface area contributed by atoms with Gasteiger partial charge in [-0.3, -0.25) is 14.8 Å². The van der Waals surface area contributed by atoms with E-state index in [1.807, 2.05) is 0 Å². The van der Waals surface area contributed by atoms with Crippen molar-refractivity contribution in [3.05, 3.63) is 59.0 Å². The van der Waals surface area contributed by atoms with E-state index in [4.69, 9.17) is 4.42 Å². The van der Waals surface area contributed by atoms with Gasteiger partial charge in [-0.1, -0.05) is 0 Å². The van der Waals surface area contributed by atoms with Gasteiger partial charge in [-0.15, -0.1) is 0 Å². The van der Waals surface area contributed by atoms with E-state index in [-0.39, 0.29) is 11.5 Å². The number of pyridine rings is 1. The number of carbonyl (C=O) groups excluding carboxylic acids is 1. The van der Waals surface area contributed by atoms with Crippen LogP contribution in [0.25, 0.3) is 11.5 Å². The van der Waals surface area contributed by atoms with Gasteiger partial charge < -0.3 is 9.73 Å². The second-order valence-electron chi connectivity index (χ2n) is 7.90. The van der Waals surface area contributed by atoms with Crippen molar-refractivity contribution in [2.24, 2.45) is 0 Å². The standard InChI is InChI=1S/C21H17F4N5O2/c22-12-7-27-15(10-4-5-10)6-11(12)20-30-14-3-1-2-13(18(14)32-20)29-19(31)16-8-26-9-17(28-16)21(23,24)25/h6-10,13H,1-5H2,(H,29,31)/t13-/m1/s1. The molecule has 0 spiro atoms.